The van der Waals surface area contributed by atoms with Crippen molar-refractivity contribution in [2.45, 2.75) is 31.3 Å². The summed E-state index contributed by atoms with van der Waals surface area (Å²) in [4.78, 5) is 15.2. The summed E-state index contributed by atoms with van der Waals surface area (Å²) in [6.07, 6.45) is 2.03. The van der Waals surface area contributed by atoms with Gasteiger partial charge in [-0.1, -0.05) is 48.0 Å². The molecule has 0 unspecified atom stereocenters. The number of aryl methyl sites for hydroxylation is 1. The number of methoxy groups -OCH3 is 1. The van der Waals surface area contributed by atoms with E-state index in [9.17, 15) is 13.2 Å². The molecule has 0 atom stereocenters. The average Bonchev–Trinajstić information content (AvgIpc) is 3.32. The summed E-state index contributed by atoms with van der Waals surface area (Å²) in [5, 5.41) is 0. The van der Waals surface area contributed by atoms with Gasteiger partial charge in [0.2, 0.25) is 15.9 Å². The third kappa shape index (κ3) is 7.02. The molecule has 0 saturated heterocycles. The molecule has 0 fully saturated rings. The molecule has 176 valence electrons. The van der Waals surface area contributed by atoms with Gasteiger partial charge in [0.05, 0.1) is 24.2 Å². The molecule has 0 aliphatic carbocycles. The Labute approximate surface area is 195 Å². The van der Waals surface area contributed by atoms with Crippen LogP contribution in [-0.4, -0.2) is 50.3 Å². The van der Waals surface area contributed by atoms with Crippen molar-refractivity contribution >= 4 is 15.9 Å². The minimum absolute atomic E-state index is 0.166. The Balaban J connectivity index is 1.84. The molecule has 0 spiro atoms. The van der Waals surface area contributed by atoms with E-state index in [0.29, 0.717) is 25.3 Å². The maximum Gasteiger partial charge on any atom is 0.243 e. The van der Waals surface area contributed by atoms with E-state index >= 15 is 0 Å². The first kappa shape index (κ1) is 24.7. The van der Waals surface area contributed by atoms with Gasteiger partial charge in [0.25, 0.3) is 0 Å². The van der Waals surface area contributed by atoms with Crippen LogP contribution in [0.4, 0.5) is 0 Å². The predicted molar refractivity (Wildman–Crippen MR) is 126 cm³/mol. The van der Waals surface area contributed by atoms with E-state index in [1.165, 1.54) is 4.31 Å². The third-order valence-corrected chi connectivity index (χ3v) is 7.08. The summed E-state index contributed by atoms with van der Waals surface area (Å²) >= 11 is 0. The van der Waals surface area contributed by atoms with Crippen LogP contribution in [0.3, 0.4) is 0 Å². The van der Waals surface area contributed by atoms with Crippen LogP contribution in [0.25, 0.3) is 0 Å². The van der Waals surface area contributed by atoms with E-state index in [4.69, 9.17) is 9.15 Å². The van der Waals surface area contributed by atoms with Crippen molar-refractivity contribution in [1.82, 2.24) is 9.21 Å². The zero-order chi connectivity index (χ0) is 23.7. The van der Waals surface area contributed by atoms with Crippen LogP contribution in [0.5, 0.6) is 0 Å². The fraction of sp³-hybridized carbons (Fsp3) is 0.320. The Morgan fingerprint density at radius 3 is 2.33 bits per heavy atom. The molecule has 33 heavy (non-hydrogen) atoms. The molecule has 1 heterocycles. The van der Waals surface area contributed by atoms with Crippen LogP contribution < -0.4 is 0 Å². The van der Waals surface area contributed by atoms with Gasteiger partial charge in [-0.2, -0.15) is 4.31 Å². The summed E-state index contributed by atoms with van der Waals surface area (Å²) in [6.45, 7) is 2.79. The monoisotopic (exact) mass is 470 g/mol. The molecule has 0 saturated carbocycles. The SMILES string of the molecule is COCCCN(CC(=O)N(Cc1ccccc1)Cc1ccco1)S(=O)(=O)c1ccc(C)cc1. The van der Waals surface area contributed by atoms with Crippen molar-refractivity contribution in [3.8, 4) is 0 Å². The first-order valence-electron chi connectivity index (χ1n) is 10.8. The Kier molecular flexibility index (Phi) is 8.82. The third-order valence-electron chi connectivity index (χ3n) is 5.22. The largest absolute Gasteiger partial charge is 0.467 e. The lowest BCUT2D eigenvalue weighted by atomic mass is 10.2. The van der Waals surface area contributed by atoms with Crippen molar-refractivity contribution < 1.29 is 22.4 Å². The molecule has 0 aliphatic heterocycles. The van der Waals surface area contributed by atoms with Crippen LogP contribution in [0.15, 0.2) is 82.3 Å². The molecule has 3 rings (SSSR count). The van der Waals surface area contributed by atoms with Crippen molar-refractivity contribution in [1.29, 1.82) is 0 Å². The lowest BCUT2D eigenvalue weighted by Crippen LogP contribution is -2.43. The molecule has 0 radical (unpaired) electrons. The zero-order valence-electron chi connectivity index (χ0n) is 19.0. The van der Waals surface area contributed by atoms with Gasteiger partial charge in [-0.3, -0.25) is 4.79 Å². The fourth-order valence-electron chi connectivity index (χ4n) is 3.41. The second kappa shape index (κ2) is 11.8. The number of ether oxygens (including phenoxy) is 1. The number of hydrogen-bond donors (Lipinski definition) is 0. The second-order valence-electron chi connectivity index (χ2n) is 7.81. The molecule has 3 aromatic rings. The number of rotatable bonds is 12. The molecule has 0 N–H and O–H groups in total. The lowest BCUT2D eigenvalue weighted by Gasteiger charge is -2.27. The van der Waals surface area contributed by atoms with Gasteiger partial charge >= 0.3 is 0 Å². The van der Waals surface area contributed by atoms with Crippen molar-refractivity contribution in [2.24, 2.45) is 0 Å². The summed E-state index contributed by atoms with van der Waals surface area (Å²) < 4.78 is 38.5. The minimum Gasteiger partial charge on any atom is -0.467 e. The van der Waals surface area contributed by atoms with Crippen LogP contribution in [-0.2, 0) is 32.6 Å². The van der Waals surface area contributed by atoms with Crippen molar-refractivity contribution in [3.05, 3.63) is 89.9 Å². The van der Waals surface area contributed by atoms with E-state index in [2.05, 4.69) is 0 Å². The number of carbonyl (C=O) groups excluding carboxylic acids is 1. The minimum atomic E-state index is -3.85. The number of furan rings is 1. The first-order valence-corrected chi connectivity index (χ1v) is 12.2. The number of hydrogen-bond acceptors (Lipinski definition) is 5. The number of benzene rings is 2. The summed E-state index contributed by atoms with van der Waals surface area (Å²) in [7, 11) is -2.29. The Morgan fingerprint density at radius 1 is 0.970 bits per heavy atom. The van der Waals surface area contributed by atoms with Gasteiger partial charge in [0, 0.05) is 26.8 Å². The van der Waals surface area contributed by atoms with Gasteiger partial charge in [-0.25, -0.2) is 8.42 Å². The molecular formula is C25H30N2O5S. The predicted octanol–water partition coefficient (Wildman–Crippen LogP) is 3.84. The maximum atomic E-state index is 13.4. The Morgan fingerprint density at radius 2 is 1.70 bits per heavy atom. The van der Waals surface area contributed by atoms with Gasteiger partial charge in [0.15, 0.2) is 0 Å². The summed E-state index contributed by atoms with van der Waals surface area (Å²) in [5.41, 5.74) is 1.91. The zero-order valence-corrected chi connectivity index (χ0v) is 19.8. The van der Waals surface area contributed by atoms with E-state index in [1.54, 1.807) is 54.7 Å². The lowest BCUT2D eigenvalue weighted by molar-refractivity contribution is -0.133. The van der Waals surface area contributed by atoms with Crippen molar-refractivity contribution in [3.63, 3.8) is 0 Å². The van der Waals surface area contributed by atoms with Gasteiger partial charge < -0.3 is 14.1 Å². The first-order chi connectivity index (χ1) is 15.9. The Hall–Kier alpha value is -2.94. The summed E-state index contributed by atoms with van der Waals surface area (Å²) in [5.74, 6) is 0.329. The van der Waals surface area contributed by atoms with E-state index in [-0.39, 0.29) is 30.4 Å². The van der Waals surface area contributed by atoms with Crippen LogP contribution in [0.2, 0.25) is 0 Å². The Bertz CT molecular complexity index is 1100. The normalized spacial score (nSPS) is 11.6. The van der Waals surface area contributed by atoms with E-state index < -0.39 is 10.0 Å². The second-order valence-corrected chi connectivity index (χ2v) is 9.75. The maximum absolute atomic E-state index is 13.4. The molecule has 0 bridgehead atoms. The van der Waals surface area contributed by atoms with Gasteiger partial charge in [0.1, 0.15) is 5.76 Å². The van der Waals surface area contributed by atoms with Crippen LogP contribution in [0, 0.1) is 6.92 Å². The van der Waals surface area contributed by atoms with Gasteiger partial charge in [-0.05, 0) is 43.2 Å². The quantitative estimate of drug-likeness (QED) is 0.376. The number of carbonyl (C=O) groups is 1. The van der Waals surface area contributed by atoms with Crippen LogP contribution in [0.1, 0.15) is 23.3 Å². The van der Waals surface area contributed by atoms with Crippen molar-refractivity contribution in [2.75, 3.05) is 26.8 Å². The topological polar surface area (TPSA) is 80.1 Å². The molecule has 7 nitrogen and oxygen atoms in total. The highest BCUT2D eigenvalue weighted by molar-refractivity contribution is 7.89. The van der Waals surface area contributed by atoms with E-state index in [0.717, 1.165) is 11.1 Å². The van der Waals surface area contributed by atoms with E-state index in [1.807, 2.05) is 37.3 Å². The summed E-state index contributed by atoms with van der Waals surface area (Å²) in [6, 6.07) is 19.8. The molecule has 1 amide bonds. The molecule has 1 aromatic heterocycles. The molecule has 0 aliphatic rings. The standard InChI is InChI=1S/C25H30N2O5S/c1-21-11-13-24(14-12-21)33(29,30)27(15-7-16-31-2)20-25(28)26(19-23-10-6-17-32-23)18-22-8-4-3-5-9-22/h3-6,8-14,17H,7,15-16,18-20H2,1-2H3. The smallest absolute Gasteiger partial charge is 0.243 e. The molecule has 2 aromatic carbocycles. The highest BCUT2D eigenvalue weighted by atomic mass is 32.2. The number of sulfonamides is 1. The van der Waals surface area contributed by atoms with Crippen LogP contribution >= 0.6 is 0 Å². The highest BCUT2D eigenvalue weighted by Gasteiger charge is 2.28. The fourth-order valence-corrected chi connectivity index (χ4v) is 4.83. The highest BCUT2D eigenvalue weighted by Crippen LogP contribution is 2.18. The number of nitrogens with zero attached hydrogens (tertiary/aromatic N) is 2. The average molecular weight is 471 g/mol. The van der Waals surface area contributed by atoms with Gasteiger partial charge in [-0.15, -0.1) is 0 Å². The molecular weight excluding hydrogens is 440 g/mol. The molecule has 8 heteroatoms. The number of amides is 1.